The minimum atomic E-state index is -5.11. The van der Waals surface area contributed by atoms with Crippen LogP contribution < -0.4 is 0 Å². The van der Waals surface area contributed by atoms with Gasteiger partial charge in [0.15, 0.2) is 6.10 Å². The lowest BCUT2D eigenvalue weighted by Gasteiger charge is -2.41. The molecule has 0 spiro atoms. The van der Waals surface area contributed by atoms with Crippen LogP contribution >= 0.6 is 7.82 Å². The molecule has 6 N–H and O–H groups in total. The average Bonchev–Trinajstić information content (AvgIpc) is 3.19. The first-order valence-corrected chi connectivity index (χ1v) is 23.6. The summed E-state index contributed by atoms with van der Waals surface area (Å²) in [6.07, 6.45) is 22.4. The molecule has 0 aromatic heterocycles. The predicted octanol–water partition coefficient (Wildman–Crippen LogP) is 8.06. The zero-order valence-corrected chi connectivity index (χ0v) is 36.0. The lowest BCUT2D eigenvalue weighted by atomic mass is 9.85. The third-order valence-electron chi connectivity index (χ3n) is 10.3. The molecule has 1 rings (SSSR count). The van der Waals surface area contributed by atoms with Crippen molar-refractivity contribution in [3.8, 4) is 0 Å². The summed E-state index contributed by atoms with van der Waals surface area (Å²) in [4.78, 5) is 35.6. The number of rotatable bonds is 36. The molecular weight excluding hydrogens is 755 g/mol. The van der Waals surface area contributed by atoms with Gasteiger partial charge in [-0.1, -0.05) is 147 Å². The molecule has 1 aliphatic carbocycles. The van der Waals surface area contributed by atoms with Crippen LogP contribution in [0.2, 0.25) is 0 Å². The molecule has 6 atom stereocenters. The highest BCUT2D eigenvalue weighted by molar-refractivity contribution is 7.47. The van der Waals surface area contributed by atoms with Crippen molar-refractivity contribution in [3.05, 3.63) is 24.3 Å². The van der Waals surface area contributed by atoms with E-state index in [1.807, 2.05) is 0 Å². The molecule has 0 aliphatic heterocycles. The number of unbranched alkanes of at least 4 members (excludes halogenated alkanes) is 20. The molecule has 0 bridgehead atoms. The third kappa shape index (κ3) is 26.9. The molecule has 1 saturated carbocycles. The Morgan fingerprint density at radius 1 is 0.544 bits per heavy atom. The Hall–Kier alpha value is -1.67. The molecule has 0 radical (unpaired) electrons. The van der Waals surface area contributed by atoms with E-state index in [2.05, 4.69) is 38.2 Å². The van der Waals surface area contributed by atoms with Crippen LogP contribution in [0.4, 0.5) is 0 Å². The quantitative estimate of drug-likeness (QED) is 0.0153. The number of phosphoric acid groups is 1. The minimum absolute atomic E-state index is 0.0902. The van der Waals surface area contributed by atoms with Crippen LogP contribution in [-0.4, -0.2) is 98.3 Å². The Labute approximate surface area is 343 Å². The molecule has 6 unspecified atom stereocenters. The summed E-state index contributed by atoms with van der Waals surface area (Å²) in [5.74, 6) is -1.11. The minimum Gasteiger partial charge on any atom is -0.462 e. The second-order valence-corrected chi connectivity index (χ2v) is 17.0. The second-order valence-electron chi connectivity index (χ2n) is 15.6. The van der Waals surface area contributed by atoms with E-state index in [1.165, 1.54) is 64.2 Å². The van der Waals surface area contributed by atoms with Crippen molar-refractivity contribution in [2.75, 3.05) is 13.2 Å². The van der Waals surface area contributed by atoms with Crippen LogP contribution in [0.15, 0.2) is 24.3 Å². The summed E-state index contributed by atoms with van der Waals surface area (Å²) in [7, 11) is -5.11. The van der Waals surface area contributed by atoms with Crippen molar-refractivity contribution >= 4 is 19.8 Å². The number of phosphoric ester groups is 1. The van der Waals surface area contributed by atoms with Crippen LogP contribution in [-0.2, 0) is 32.7 Å². The van der Waals surface area contributed by atoms with Crippen molar-refractivity contribution in [1.29, 1.82) is 0 Å². The summed E-state index contributed by atoms with van der Waals surface area (Å²) in [5, 5.41) is 50.0. The molecule has 57 heavy (non-hydrogen) atoms. The van der Waals surface area contributed by atoms with E-state index in [9.17, 15) is 44.6 Å². The van der Waals surface area contributed by atoms with Crippen molar-refractivity contribution in [2.24, 2.45) is 0 Å². The fourth-order valence-electron chi connectivity index (χ4n) is 6.67. The smallest absolute Gasteiger partial charge is 0.462 e. The zero-order valence-electron chi connectivity index (χ0n) is 35.1. The normalized spacial score (nSPS) is 22.9. The summed E-state index contributed by atoms with van der Waals surface area (Å²) in [6.45, 7) is 3.25. The van der Waals surface area contributed by atoms with E-state index >= 15 is 0 Å². The Bertz CT molecular complexity index is 1100. The van der Waals surface area contributed by atoms with Gasteiger partial charge in [0.25, 0.3) is 0 Å². The van der Waals surface area contributed by atoms with Crippen LogP contribution in [0.5, 0.6) is 0 Å². The van der Waals surface area contributed by atoms with Gasteiger partial charge in [0.2, 0.25) is 0 Å². The van der Waals surface area contributed by atoms with Gasteiger partial charge in [-0.25, -0.2) is 4.57 Å². The van der Waals surface area contributed by atoms with Gasteiger partial charge in [-0.3, -0.25) is 18.6 Å². The van der Waals surface area contributed by atoms with E-state index < -0.39 is 75.7 Å². The molecule has 1 aliphatic rings. The fourth-order valence-corrected chi connectivity index (χ4v) is 7.64. The van der Waals surface area contributed by atoms with Gasteiger partial charge >= 0.3 is 19.8 Å². The Kier molecular flexibility index (Phi) is 31.9. The maximum Gasteiger partial charge on any atom is 0.472 e. The Balaban J connectivity index is 2.48. The van der Waals surface area contributed by atoms with Gasteiger partial charge in [0.05, 0.1) is 6.61 Å². The van der Waals surface area contributed by atoms with Crippen molar-refractivity contribution in [2.45, 2.75) is 224 Å². The highest BCUT2D eigenvalue weighted by Crippen LogP contribution is 2.47. The number of aliphatic hydroxyl groups is 5. The SMILES string of the molecule is CCCCC/C=C\C/C=C\CCCCCCCCCC(=O)OC(COC(=O)CCCCCCCCCCCCC)COP(=O)(O)OC1C(O)C(O)C(O)C(O)C1O. The molecule has 14 heteroatoms. The Morgan fingerprint density at radius 2 is 0.947 bits per heavy atom. The molecule has 13 nitrogen and oxygen atoms in total. The van der Waals surface area contributed by atoms with Crippen molar-refractivity contribution in [3.63, 3.8) is 0 Å². The lowest BCUT2D eigenvalue weighted by molar-refractivity contribution is -0.220. The topological polar surface area (TPSA) is 210 Å². The van der Waals surface area contributed by atoms with Gasteiger partial charge in [0, 0.05) is 12.8 Å². The standard InChI is InChI=1S/C43H79O13P/c1-3-5-7-9-11-13-15-16-17-18-19-20-22-24-26-28-30-32-37(45)55-35(33-53-36(44)31-29-27-25-23-21-14-12-10-8-6-4-2)34-54-57(51,52)56-43-41(49)39(47)38(46)40(48)42(43)50/h11,13,16-17,35,38-43,46-50H,3-10,12,14-15,18-34H2,1-2H3,(H,51,52)/b13-11-,17-16-. The van der Waals surface area contributed by atoms with Gasteiger partial charge < -0.3 is 39.9 Å². The van der Waals surface area contributed by atoms with Gasteiger partial charge in [-0.15, -0.1) is 0 Å². The Morgan fingerprint density at radius 3 is 1.46 bits per heavy atom. The van der Waals surface area contributed by atoms with E-state index in [1.54, 1.807) is 0 Å². The molecular formula is C43H79O13P. The average molecular weight is 835 g/mol. The number of allylic oxidation sites excluding steroid dienone is 4. The number of carbonyl (C=O) groups is 2. The monoisotopic (exact) mass is 835 g/mol. The summed E-state index contributed by atoms with van der Waals surface area (Å²) < 4.78 is 33.4. The zero-order chi connectivity index (χ0) is 42.2. The highest BCUT2D eigenvalue weighted by Gasteiger charge is 2.51. The van der Waals surface area contributed by atoms with Crippen molar-refractivity contribution < 1.29 is 63.1 Å². The molecule has 0 amide bonds. The van der Waals surface area contributed by atoms with Gasteiger partial charge in [0.1, 0.15) is 43.2 Å². The predicted molar refractivity (Wildman–Crippen MR) is 221 cm³/mol. The number of esters is 2. The summed E-state index contributed by atoms with van der Waals surface area (Å²) >= 11 is 0. The van der Waals surface area contributed by atoms with Crippen LogP contribution in [0.1, 0.15) is 181 Å². The fraction of sp³-hybridized carbons (Fsp3) is 0.860. The highest BCUT2D eigenvalue weighted by atomic mass is 31.2. The molecule has 0 heterocycles. The molecule has 0 aromatic rings. The maximum atomic E-state index is 12.8. The number of ether oxygens (including phenoxy) is 2. The van der Waals surface area contributed by atoms with E-state index in [0.717, 1.165) is 77.0 Å². The van der Waals surface area contributed by atoms with E-state index in [4.69, 9.17) is 18.5 Å². The molecule has 1 fully saturated rings. The molecule has 0 aromatic carbocycles. The maximum absolute atomic E-state index is 12.8. The van der Waals surface area contributed by atoms with Crippen LogP contribution in [0, 0.1) is 0 Å². The number of hydrogen-bond donors (Lipinski definition) is 6. The third-order valence-corrected chi connectivity index (χ3v) is 11.3. The molecule has 334 valence electrons. The van der Waals surface area contributed by atoms with Gasteiger partial charge in [-0.2, -0.15) is 0 Å². The first kappa shape index (κ1) is 53.3. The second kappa shape index (κ2) is 34.1. The summed E-state index contributed by atoms with van der Waals surface area (Å²) in [6, 6.07) is 0. The first-order chi connectivity index (χ1) is 27.4. The van der Waals surface area contributed by atoms with Crippen molar-refractivity contribution in [1.82, 2.24) is 0 Å². The lowest BCUT2D eigenvalue weighted by Crippen LogP contribution is -2.64. The van der Waals surface area contributed by atoms with E-state index in [0.29, 0.717) is 12.8 Å². The number of carbonyl (C=O) groups excluding carboxylic acids is 2. The van der Waals surface area contributed by atoms with Gasteiger partial charge in [-0.05, 0) is 44.9 Å². The molecule has 0 saturated heterocycles. The first-order valence-electron chi connectivity index (χ1n) is 22.1. The number of aliphatic hydroxyl groups excluding tert-OH is 5. The van der Waals surface area contributed by atoms with Crippen LogP contribution in [0.25, 0.3) is 0 Å². The van der Waals surface area contributed by atoms with Crippen LogP contribution in [0.3, 0.4) is 0 Å². The number of hydrogen-bond acceptors (Lipinski definition) is 12. The largest absolute Gasteiger partial charge is 0.472 e. The van der Waals surface area contributed by atoms with E-state index in [-0.39, 0.29) is 12.8 Å². The summed E-state index contributed by atoms with van der Waals surface area (Å²) in [5.41, 5.74) is 0.